The van der Waals surface area contributed by atoms with E-state index >= 15 is 0 Å². The number of likely N-dealkylation sites (tertiary alicyclic amines) is 1. The zero-order valence-corrected chi connectivity index (χ0v) is 10.9. The Kier molecular flexibility index (Phi) is 4.03. The maximum atomic E-state index is 13.4. The van der Waals surface area contributed by atoms with Crippen LogP contribution < -0.4 is 0 Å². The number of piperidine rings is 1. The molecule has 0 aromatic carbocycles. The first-order valence-corrected chi connectivity index (χ1v) is 6.37. The van der Waals surface area contributed by atoms with Crippen LogP contribution in [-0.2, 0) is 14.3 Å². The van der Waals surface area contributed by atoms with Crippen LogP contribution in [0.5, 0.6) is 0 Å². The van der Waals surface area contributed by atoms with E-state index in [9.17, 15) is 18.4 Å². The predicted molar refractivity (Wildman–Crippen MR) is 62.7 cm³/mol. The highest BCUT2D eigenvalue weighted by Crippen LogP contribution is 2.24. The van der Waals surface area contributed by atoms with Gasteiger partial charge in [-0.05, 0) is 6.42 Å². The van der Waals surface area contributed by atoms with E-state index in [2.05, 4.69) is 0 Å². The molecular formula is C12H18F2N2O3. The van der Waals surface area contributed by atoms with Gasteiger partial charge in [-0.25, -0.2) is 8.78 Å². The van der Waals surface area contributed by atoms with Gasteiger partial charge < -0.3 is 14.5 Å². The van der Waals surface area contributed by atoms with Gasteiger partial charge in [0.2, 0.25) is 11.8 Å². The van der Waals surface area contributed by atoms with Crippen molar-refractivity contribution in [2.24, 2.45) is 5.92 Å². The molecule has 0 aliphatic carbocycles. The molecule has 0 N–H and O–H groups in total. The summed E-state index contributed by atoms with van der Waals surface area (Å²) in [5.41, 5.74) is 0. The molecule has 0 saturated carbocycles. The number of hydrogen-bond acceptors (Lipinski definition) is 3. The Morgan fingerprint density at radius 1 is 1.42 bits per heavy atom. The van der Waals surface area contributed by atoms with Crippen LogP contribution in [0.2, 0.25) is 0 Å². The lowest BCUT2D eigenvalue weighted by Crippen LogP contribution is -2.47. The Labute approximate surface area is 110 Å². The second-order valence-electron chi connectivity index (χ2n) is 5.17. The molecule has 2 heterocycles. The summed E-state index contributed by atoms with van der Waals surface area (Å²) in [4.78, 5) is 26.5. The zero-order valence-electron chi connectivity index (χ0n) is 10.9. The van der Waals surface area contributed by atoms with Gasteiger partial charge in [0.25, 0.3) is 5.92 Å². The number of ether oxygens (including phenoxy) is 1. The fraction of sp³-hybridized carbons (Fsp3) is 0.833. The molecule has 1 unspecified atom stereocenters. The summed E-state index contributed by atoms with van der Waals surface area (Å²) in [5, 5.41) is 0. The number of rotatable bonds is 1. The van der Waals surface area contributed by atoms with Gasteiger partial charge in [0.15, 0.2) is 0 Å². The van der Waals surface area contributed by atoms with Crippen LogP contribution in [0, 0.1) is 5.92 Å². The molecule has 7 heteroatoms. The fourth-order valence-electron chi connectivity index (χ4n) is 2.40. The number of alkyl halides is 2. The molecule has 2 aliphatic heterocycles. The van der Waals surface area contributed by atoms with Crippen molar-refractivity contribution in [3.05, 3.63) is 0 Å². The van der Waals surface area contributed by atoms with Gasteiger partial charge in [0.05, 0.1) is 13.2 Å². The Morgan fingerprint density at radius 2 is 2.16 bits per heavy atom. The molecule has 0 spiro atoms. The van der Waals surface area contributed by atoms with Crippen LogP contribution in [0.4, 0.5) is 8.78 Å². The van der Waals surface area contributed by atoms with E-state index in [0.717, 1.165) is 4.90 Å². The van der Waals surface area contributed by atoms with Crippen LogP contribution in [0.25, 0.3) is 0 Å². The van der Waals surface area contributed by atoms with Crippen molar-refractivity contribution < 1.29 is 23.1 Å². The van der Waals surface area contributed by atoms with Crippen LogP contribution in [0.15, 0.2) is 0 Å². The summed E-state index contributed by atoms with van der Waals surface area (Å²) in [6.07, 6.45) is 0.641. The van der Waals surface area contributed by atoms with Crippen molar-refractivity contribution in [3.63, 3.8) is 0 Å². The molecule has 2 aliphatic rings. The van der Waals surface area contributed by atoms with Crippen molar-refractivity contribution in [1.82, 2.24) is 9.80 Å². The third-order valence-corrected chi connectivity index (χ3v) is 3.56. The Hall–Kier alpha value is -1.24. The van der Waals surface area contributed by atoms with Gasteiger partial charge in [0.1, 0.15) is 6.61 Å². The first-order chi connectivity index (χ1) is 8.89. The minimum absolute atomic E-state index is 0.109. The van der Waals surface area contributed by atoms with Gasteiger partial charge >= 0.3 is 0 Å². The zero-order chi connectivity index (χ0) is 14.0. The fourth-order valence-corrected chi connectivity index (χ4v) is 2.40. The third-order valence-electron chi connectivity index (χ3n) is 3.56. The average molecular weight is 276 g/mol. The van der Waals surface area contributed by atoms with Crippen molar-refractivity contribution in [3.8, 4) is 0 Å². The summed E-state index contributed by atoms with van der Waals surface area (Å²) in [5.74, 6) is -3.95. The lowest BCUT2D eigenvalue weighted by molar-refractivity contribution is -0.147. The monoisotopic (exact) mass is 276 g/mol. The molecule has 108 valence electrons. The number of hydrogen-bond donors (Lipinski definition) is 0. The summed E-state index contributed by atoms with van der Waals surface area (Å²) in [6, 6.07) is 0. The normalized spacial score (nSPS) is 28.2. The maximum absolute atomic E-state index is 13.4. The summed E-state index contributed by atoms with van der Waals surface area (Å²) in [7, 11) is 1.68. The van der Waals surface area contributed by atoms with Gasteiger partial charge in [0, 0.05) is 32.5 Å². The van der Waals surface area contributed by atoms with Gasteiger partial charge in [-0.1, -0.05) is 0 Å². The molecule has 0 bridgehead atoms. The highest BCUT2D eigenvalue weighted by atomic mass is 19.3. The second-order valence-corrected chi connectivity index (χ2v) is 5.17. The van der Waals surface area contributed by atoms with E-state index in [1.54, 1.807) is 11.9 Å². The molecule has 5 nitrogen and oxygen atoms in total. The van der Waals surface area contributed by atoms with Crippen molar-refractivity contribution >= 4 is 11.8 Å². The molecule has 2 fully saturated rings. The van der Waals surface area contributed by atoms with Crippen molar-refractivity contribution in [2.75, 3.05) is 39.9 Å². The Morgan fingerprint density at radius 3 is 2.84 bits per heavy atom. The lowest BCUT2D eigenvalue weighted by Gasteiger charge is -2.32. The van der Waals surface area contributed by atoms with Crippen LogP contribution in [0.1, 0.15) is 12.8 Å². The van der Waals surface area contributed by atoms with E-state index in [4.69, 9.17) is 4.74 Å². The second kappa shape index (κ2) is 5.40. The number of halogens is 2. The van der Waals surface area contributed by atoms with Crippen LogP contribution >= 0.6 is 0 Å². The maximum Gasteiger partial charge on any atom is 0.288 e. The third kappa shape index (κ3) is 3.40. The minimum atomic E-state index is -3.01. The van der Waals surface area contributed by atoms with Crippen molar-refractivity contribution in [2.45, 2.75) is 18.8 Å². The molecule has 0 radical (unpaired) electrons. The molecule has 1 atom stereocenters. The van der Waals surface area contributed by atoms with E-state index in [0.29, 0.717) is 13.0 Å². The van der Waals surface area contributed by atoms with Gasteiger partial charge in [-0.15, -0.1) is 0 Å². The quantitative estimate of drug-likeness (QED) is 0.694. The molecule has 2 saturated heterocycles. The Balaban J connectivity index is 2.00. The molecule has 0 aromatic heterocycles. The molecule has 2 rings (SSSR count). The number of nitrogens with zero attached hydrogens (tertiary/aromatic N) is 2. The highest BCUT2D eigenvalue weighted by Gasteiger charge is 2.39. The summed E-state index contributed by atoms with van der Waals surface area (Å²) >= 11 is 0. The largest absolute Gasteiger partial charge is 0.373 e. The smallest absolute Gasteiger partial charge is 0.288 e. The molecule has 2 amide bonds. The standard InChI is InChI=1S/C12H18F2N2O3/c1-15-3-2-9(6-10(15)17)11(18)16-4-5-19-8-12(13,14)7-16/h9H,2-8H2,1H3. The highest BCUT2D eigenvalue weighted by molar-refractivity contribution is 5.87. The van der Waals surface area contributed by atoms with E-state index < -0.39 is 25.0 Å². The summed E-state index contributed by atoms with van der Waals surface area (Å²) in [6.45, 7) is -0.498. The molecular weight excluding hydrogens is 258 g/mol. The van der Waals surface area contributed by atoms with E-state index in [1.165, 1.54) is 0 Å². The number of carbonyl (C=O) groups is 2. The lowest BCUT2D eigenvalue weighted by atomic mass is 9.95. The van der Waals surface area contributed by atoms with E-state index in [1.807, 2.05) is 0 Å². The predicted octanol–water partition coefficient (Wildman–Crippen LogP) is 0.349. The Bertz CT molecular complexity index is 376. The van der Waals surface area contributed by atoms with E-state index in [-0.39, 0.29) is 31.4 Å². The SMILES string of the molecule is CN1CCC(C(=O)N2CCOCC(F)(F)C2)CC1=O. The number of carbonyl (C=O) groups excluding carboxylic acids is 2. The van der Waals surface area contributed by atoms with Gasteiger partial charge in [-0.3, -0.25) is 9.59 Å². The first-order valence-electron chi connectivity index (χ1n) is 6.37. The molecule has 19 heavy (non-hydrogen) atoms. The van der Waals surface area contributed by atoms with Gasteiger partial charge in [-0.2, -0.15) is 0 Å². The number of amides is 2. The first kappa shape index (κ1) is 14.2. The van der Waals surface area contributed by atoms with Crippen LogP contribution in [-0.4, -0.2) is 67.4 Å². The topological polar surface area (TPSA) is 49.9 Å². The average Bonchev–Trinajstić information content (AvgIpc) is 2.53. The van der Waals surface area contributed by atoms with Crippen LogP contribution in [0.3, 0.4) is 0 Å². The summed E-state index contributed by atoms with van der Waals surface area (Å²) < 4.78 is 31.6. The molecule has 0 aromatic rings. The minimum Gasteiger partial charge on any atom is -0.373 e. The van der Waals surface area contributed by atoms with Crippen molar-refractivity contribution in [1.29, 1.82) is 0 Å².